The minimum atomic E-state index is -0.632. The van der Waals surface area contributed by atoms with Crippen LogP contribution in [-0.4, -0.2) is 36.8 Å². The van der Waals surface area contributed by atoms with Crippen LogP contribution in [0.4, 0.5) is 5.00 Å². The molecule has 0 atom stereocenters. The average Bonchev–Trinajstić information content (AvgIpc) is 3.09. The largest absolute Gasteiger partial charge is 0.462 e. The van der Waals surface area contributed by atoms with Crippen molar-refractivity contribution in [1.29, 1.82) is 0 Å². The van der Waals surface area contributed by atoms with Crippen LogP contribution in [0.15, 0.2) is 29.6 Å². The van der Waals surface area contributed by atoms with Crippen LogP contribution in [0.3, 0.4) is 0 Å². The second-order valence-corrected chi connectivity index (χ2v) is 7.23. The summed E-state index contributed by atoms with van der Waals surface area (Å²) < 4.78 is 10.0. The lowest BCUT2D eigenvalue weighted by molar-refractivity contribution is -0.148. The molecule has 7 nitrogen and oxygen atoms in total. The summed E-state index contributed by atoms with van der Waals surface area (Å²) >= 11 is 1.19. The molecule has 0 saturated heterocycles. The van der Waals surface area contributed by atoms with Gasteiger partial charge in [-0.25, -0.2) is 4.79 Å². The number of ether oxygens (including phenoxy) is 2. The topological polar surface area (TPSA) is 98.8 Å². The Hall–Kier alpha value is -3.00. The van der Waals surface area contributed by atoms with E-state index in [0.29, 0.717) is 10.6 Å². The number of hydrogen-bond donors (Lipinski definition) is 1. The van der Waals surface area contributed by atoms with Gasteiger partial charge in [-0.3, -0.25) is 9.59 Å². The molecule has 154 valence electrons. The Morgan fingerprint density at radius 1 is 1.03 bits per heavy atom. The van der Waals surface area contributed by atoms with Gasteiger partial charge in [-0.2, -0.15) is 0 Å². The molecule has 0 fully saturated rings. The van der Waals surface area contributed by atoms with E-state index in [1.165, 1.54) is 18.3 Å². The highest BCUT2D eigenvalue weighted by molar-refractivity contribution is 7.15. The number of Topliss-reactive ketones (excluding diaryl/α,β-unsaturated/α-hetero) is 1. The van der Waals surface area contributed by atoms with Gasteiger partial charge in [0.15, 0.2) is 6.61 Å². The molecule has 2 rings (SSSR count). The molecule has 1 aromatic heterocycles. The van der Waals surface area contributed by atoms with Crippen LogP contribution in [0, 0.1) is 6.92 Å². The van der Waals surface area contributed by atoms with Crippen LogP contribution in [0.25, 0.3) is 11.1 Å². The second-order valence-electron chi connectivity index (χ2n) is 6.35. The molecular formula is C21H23NO6S. The van der Waals surface area contributed by atoms with Crippen molar-refractivity contribution in [3.8, 4) is 11.1 Å². The van der Waals surface area contributed by atoms with Gasteiger partial charge in [0.25, 0.3) is 5.91 Å². The number of esters is 2. The average molecular weight is 417 g/mol. The fourth-order valence-corrected chi connectivity index (χ4v) is 3.43. The Kier molecular flexibility index (Phi) is 8.09. The Bertz CT molecular complexity index is 900. The van der Waals surface area contributed by atoms with Gasteiger partial charge in [-0.15, -0.1) is 11.3 Å². The van der Waals surface area contributed by atoms with Crippen molar-refractivity contribution < 1.29 is 28.7 Å². The maximum absolute atomic E-state index is 12.5. The summed E-state index contributed by atoms with van der Waals surface area (Å²) in [5.41, 5.74) is 2.83. The number of aryl methyl sites for hydroxylation is 1. The van der Waals surface area contributed by atoms with Crippen molar-refractivity contribution in [2.24, 2.45) is 0 Å². The first-order chi connectivity index (χ1) is 13.8. The summed E-state index contributed by atoms with van der Waals surface area (Å²) in [6, 6.07) is 7.65. The quantitative estimate of drug-likeness (QED) is 0.624. The Balaban J connectivity index is 2.14. The molecule has 0 unspecified atom stereocenters. The van der Waals surface area contributed by atoms with Gasteiger partial charge in [0, 0.05) is 17.4 Å². The van der Waals surface area contributed by atoms with E-state index in [1.807, 2.05) is 31.2 Å². The van der Waals surface area contributed by atoms with E-state index in [9.17, 15) is 19.2 Å². The summed E-state index contributed by atoms with van der Waals surface area (Å²) in [5.74, 6) is -1.89. The van der Waals surface area contributed by atoms with E-state index in [-0.39, 0.29) is 30.8 Å². The fraction of sp³-hybridized carbons (Fsp3) is 0.333. The summed E-state index contributed by atoms with van der Waals surface area (Å²) in [4.78, 5) is 47.1. The minimum absolute atomic E-state index is 0.0678. The van der Waals surface area contributed by atoms with Crippen molar-refractivity contribution in [2.75, 3.05) is 18.5 Å². The monoisotopic (exact) mass is 417 g/mol. The maximum Gasteiger partial charge on any atom is 0.341 e. The van der Waals surface area contributed by atoms with Crippen LogP contribution in [0.2, 0.25) is 0 Å². The van der Waals surface area contributed by atoms with Gasteiger partial charge in [0.1, 0.15) is 16.3 Å². The number of benzene rings is 1. The number of anilines is 1. The Morgan fingerprint density at radius 3 is 2.34 bits per heavy atom. The molecule has 0 aliphatic carbocycles. The van der Waals surface area contributed by atoms with Crippen LogP contribution < -0.4 is 5.32 Å². The molecule has 0 aliphatic heterocycles. The minimum Gasteiger partial charge on any atom is -0.462 e. The molecule has 0 radical (unpaired) electrons. The van der Waals surface area contributed by atoms with Crippen molar-refractivity contribution >= 4 is 40.0 Å². The van der Waals surface area contributed by atoms with E-state index in [2.05, 4.69) is 5.32 Å². The van der Waals surface area contributed by atoms with Crippen LogP contribution in [-0.2, 0) is 23.9 Å². The molecular weight excluding hydrogens is 394 g/mol. The smallest absolute Gasteiger partial charge is 0.341 e. The van der Waals surface area contributed by atoms with Gasteiger partial charge in [0.2, 0.25) is 0 Å². The molecule has 2 aromatic rings. The van der Waals surface area contributed by atoms with Crippen molar-refractivity contribution in [1.82, 2.24) is 0 Å². The third-order valence-corrected chi connectivity index (χ3v) is 4.83. The van der Waals surface area contributed by atoms with Crippen molar-refractivity contribution in [3.63, 3.8) is 0 Å². The van der Waals surface area contributed by atoms with Crippen LogP contribution in [0.5, 0.6) is 0 Å². The van der Waals surface area contributed by atoms with E-state index in [4.69, 9.17) is 9.47 Å². The number of thiophene rings is 1. The Labute approximate surface area is 173 Å². The van der Waals surface area contributed by atoms with Crippen LogP contribution in [0.1, 0.15) is 42.6 Å². The zero-order valence-corrected chi connectivity index (χ0v) is 17.4. The van der Waals surface area contributed by atoms with E-state index < -0.39 is 24.5 Å². The molecule has 1 N–H and O–H groups in total. The molecule has 0 saturated carbocycles. The third-order valence-electron chi connectivity index (χ3n) is 3.93. The van der Waals surface area contributed by atoms with Gasteiger partial charge >= 0.3 is 11.9 Å². The van der Waals surface area contributed by atoms with E-state index in [1.54, 1.807) is 12.3 Å². The predicted molar refractivity (Wildman–Crippen MR) is 110 cm³/mol. The normalized spacial score (nSPS) is 10.3. The summed E-state index contributed by atoms with van der Waals surface area (Å²) in [5, 5.41) is 4.70. The number of ketones is 1. The molecule has 1 amide bonds. The van der Waals surface area contributed by atoms with E-state index >= 15 is 0 Å². The van der Waals surface area contributed by atoms with Crippen molar-refractivity contribution in [3.05, 3.63) is 40.8 Å². The Morgan fingerprint density at radius 2 is 1.72 bits per heavy atom. The maximum atomic E-state index is 12.5. The van der Waals surface area contributed by atoms with Gasteiger partial charge in [-0.05, 0) is 26.3 Å². The molecule has 29 heavy (non-hydrogen) atoms. The highest BCUT2D eigenvalue weighted by Gasteiger charge is 2.23. The van der Waals surface area contributed by atoms with Gasteiger partial charge < -0.3 is 19.6 Å². The van der Waals surface area contributed by atoms with Gasteiger partial charge in [0.05, 0.1) is 13.0 Å². The fourth-order valence-electron chi connectivity index (χ4n) is 2.46. The SMILES string of the molecule is CCOC(=O)c1c(-c2ccc(C)cc2)csc1NC(=O)COC(=O)CCC(C)=O. The number of carbonyl (C=O) groups excluding carboxylic acids is 4. The summed E-state index contributed by atoms with van der Waals surface area (Å²) in [6.45, 7) is 4.74. The number of hydrogen-bond acceptors (Lipinski definition) is 7. The van der Waals surface area contributed by atoms with Crippen molar-refractivity contribution in [2.45, 2.75) is 33.6 Å². The molecule has 8 heteroatoms. The highest BCUT2D eigenvalue weighted by atomic mass is 32.1. The zero-order chi connectivity index (χ0) is 21.4. The van der Waals surface area contributed by atoms with E-state index in [0.717, 1.165) is 11.1 Å². The predicted octanol–water partition coefficient (Wildman–Crippen LogP) is 3.75. The molecule has 0 aliphatic rings. The number of amides is 1. The summed E-state index contributed by atoms with van der Waals surface area (Å²) in [7, 11) is 0. The van der Waals surface area contributed by atoms with Crippen LogP contribution >= 0.6 is 11.3 Å². The molecule has 1 heterocycles. The lowest BCUT2D eigenvalue weighted by atomic mass is 10.0. The number of rotatable bonds is 9. The lowest BCUT2D eigenvalue weighted by Crippen LogP contribution is -2.21. The first kappa shape index (κ1) is 22.3. The first-order valence-electron chi connectivity index (χ1n) is 9.12. The molecule has 0 spiro atoms. The lowest BCUT2D eigenvalue weighted by Gasteiger charge is -2.09. The first-order valence-corrected chi connectivity index (χ1v) is 10.00. The number of nitrogens with one attached hydrogen (secondary N) is 1. The highest BCUT2D eigenvalue weighted by Crippen LogP contribution is 2.36. The molecule has 0 bridgehead atoms. The third kappa shape index (κ3) is 6.53. The molecule has 1 aromatic carbocycles. The van der Waals surface area contributed by atoms with Gasteiger partial charge in [-0.1, -0.05) is 29.8 Å². The zero-order valence-electron chi connectivity index (χ0n) is 16.6. The standard InChI is InChI=1S/C21H23NO6S/c1-4-27-21(26)19-16(15-8-5-13(2)6-9-15)12-29-20(19)22-17(24)11-28-18(25)10-7-14(3)23/h5-6,8-9,12H,4,7,10-11H2,1-3H3,(H,22,24). The second kappa shape index (κ2) is 10.5. The number of carbonyl (C=O) groups is 4. The summed E-state index contributed by atoms with van der Waals surface area (Å²) in [6.07, 6.45) is -0.00838.